The van der Waals surface area contributed by atoms with E-state index in [4.69, 9.17) is 4.42 Å². The van der Waals surface area contributed by atoms with E-state index < -0.39 is 15.9 Å². The van der Waals surface area contributed by atoms with Crippen molar-refractivity contribution in [3.63, 3.8) is 0 Å². The second-order valence-electron chi connectivity index (χ2n) is 6.36. The van der Waals surface area contributed by atoms with Crippen molar-refractivity contribution in [2.24, 2.45) is 0 Å². The van der Waals surface area contributed by atoms with Gasteiger partial charge in [0.05, 0.1) is 35.7 Å². The summed E-state index contributed by atoms with van der Waals surface area (Å²) in [4.78, 5) is 24.4. The largest absolute Gasteiger partial charge is 0.464 e. The maximum Gasteiger partial charge on any atom is 0.255 e. The highest BCUT2D eigenvalue weighted by Gasteiger charge is 2.18. The monoisotopic (exact) mass is 411 g/mol. The summed E-state index contributed by atoms with van der Waals surface area (Å²) in [5, 5.41) is 2.74. The first-order valence-corrected chi connectivity index (χ1v) is 10.5. The van der Waals surface area contributed by atoms with E-state index in [1.54, 1.807) is 12.1 Å². The number of hydrogen-bond acceptors (Lipinski definition) is 6. The molecular weight excluding hydrogens is 394 g/mol. The van der Waals surface area contributed by atoms with Gasteiger partial charge in [0, 0.05) is 11.8 Å². The SMILES string of the molecule is CS(=O)(=O)Nc1ncc(-c2ccco2)cc1C(=O)NCc1nc2ccccc2[nH]1. The number of carbonyl (C=O) groups is 1. The summed E-state index contributed by atoms with van der Waals surface area (Å²) in [7, 11) is -3.62. The first-order valence-electron chi connectivity index (χ1n) is 8.62. The van der Waals surface area contributed by atoms with Gasteiger partial charge in [-0.3, -0.25) is 9.52 Å². The number of amides is 1. The van der Waals surface area contributed by atoms with Crippen LogP contribution >= 0.6 is 0 Å². The maximum absolute atomic E-state index is 12.8. The van der Waals surface area contributed by atoms with E-state index in [0.29, 0.717) is 17.1 Å². The van der Waals surface area contributed by atoms with Gasteiger partial charge in [-0.25, -0.2) is 18.4 Å². The highest BCUT2D eigenvalue weighted by Crippen LogP contribution is 2.24. The number of aromatic nitrogens is 3. The Balaban J connectivity index is 1.61. The van der Waals surface area contributed by atoms with E-state index >= 15 is 0 Å². The van der Waals surface area contributed by atoms with Gasteiger partial charge in [0.15, 0.2) is 5.82 Å². The number of H-pyrrole nitrogens is 1. The lowest BCUT2D eigenvalue weighted by molar-refractivity contribution is 0.0950. The summed E-state index contributed by atoms with van der Waals surface area (Å²) >= 11 is 0. The van der Waals surface area contributed by atoms with Crippen LogP contribution in [0.3, 0.4) is 0 Å². The molecule has 0 saturated carbocycles. The molecule has 0 unspecified atom stereocenters. The molecule has 29 heavy (non-hydrogen) atoms. The fraction of sp³-hybridized carbons (Fsp3) is 0.105. The molecule has 1 amide bonds. The van der Waals surface area contributed by atoms with E-state index in [-0.39, 0.29) is 17.9 Å². The van der Waals surface area contributed by atoms with Crippen molar-refractivity contribution in [2.45, 2.75) is 6.54 Å². The predicted octanol–water partition coefficient (Wildman–Crippen LogP) is 2.52. The molecule has 0 saturated heterocycles. The Hall–Kier alpha value is -3.66. The highest BCUT2D eigenvalue weighted by atomic mass is 32.2. The number of rotatable bonds is 6. The molecule has 0 spiro atoms. The number of benzene rings is 1. The third-order valence-corrected chi connectivity index (χ3v) is 4.64. The van der Waals surface area contributed by atoms with Crippen molar-refractivity contribution in [1.82, 2.24) is 20.3 Å². The quantitative estimate of drug-likeness (QED) is 0.447. The molecule has 0 aliphatic carbocycles. The lowest BCUT2D eigenvalue weighted by Gasteiger charge is -2.11. The molecule has 3 aromatic heterocycles. The van der Waals surface area contributed by atoms with Gasteiger partial charge < -0.3 is 14.7 Å². The first-order chi connectivity index (χ1) is 13.9. The summed E-state index contributed by atoms with van der Waals surface area (Å²) in [6.45, 7) is 0.136. The van der Waals surface area contributed by atoms with E-state index in [1.807, 2.05) is 24.3 Å². The Morgan fingerprint density at radius 3 is 2.76 bits per heavy atom. The van der Waals surface area contributed by atoms with Crippen LogP contribution in [0.5, 0.6) is 0 Å². The Labute approximate surface area is 166 Å². The molecule has 4 rings (SSSR count). The summed E-state index contributed by atoms with van der Waals surface area (Å²) in [5.41, 5.74) is 2.26. The number of fused-ring (bicyclic) bond motifs is 1. The molecule has 0 radical (unpaired) electrons. The third-order valence-electron chi connectivity index (χ3n) is 4.07. The van der Waals surface area contributed by atoms with E-state index in [0.717, 1.165) is 17.3 Å². The first kappa shape index (κ1) is 18.7. The van der Waals surface area contributed by atoms with Crippen LogP contribution in [-0.2, 0) is 16.6 Å². The van der Waals surface area contributed by atoms with Gasteiger partial charge in [0.1, 0.15) is 11.6 Å². The third kappa shape index (κ3) is 4.27. The van der Waals surface area contributed by atoms with Crippen LogP contribution < -0.4 is 10.0 Å². The fourth-order valence-corrected chi connectivity index (χ4v) is 3.33. The van der Waals surface area contributed by atoms with E-state index in [9.17, 15) is 13.2 Å². The van der Waals surface area contributed by atoms with Crippen molar-refractivity contribution in [3.05, 3.63) is 66.3 Å². The molecule has 0 bridgehead atoms. The van der Waals surface area contributed by atoms with Crippen LogP contribution in [0.1, 0.15) is 16.2 Å². The molecule has 0 fully saturated rings. The second-order valence-corrected chi connectivity index (χ2v) is 8.10. The number of sulfonamides is 1. The minimum absolute atomic E-state index is 0.0649. The van der Waals surface area contributed by atoms with Crippen molar-refractivity contribution >= 4 is 32.8 Å². The Morgan fingerprint density at radius 2 is 2.03 bits per heavy atom. The van der Waals surface area contributed by atoms with Gasteiger partial charge >= 0.3 is 0 Å². The summed E-state index contributed by atoms with van der Waals surface area (Å²) in [6.07, 6.45) is 3.92. The highest BCUT2D eigenvalue weighted by molar-refractivity contribution is 7.92. The molecule has 4 aromatic rings. The predicted molar refractivity (Wildman–Crippen MR) is 108 cm³/mol. The average molecular weight is 411 g/mol. The zero-order valence-corrected chi connectivity index (χ0v) is 16.2. The Kier molecular flexibility index (Phi) is 4.77. The van der Waals surface area contributed by atoms with Gasteiger partial charge in [-0.1, -0.05) is 12.1 Å². The smallest absolute Gasteiger partial charge is 0.255 e. The topological polar surface area (TPSA) is 130 Å². The Bertz CT molecular complexity index is 1250. The molecule has 0 aliphatic heterocycles. The number of nitrogens with one attached hydrogen (secondary N) is 3. The van der Waals surface area contributed by atoms with Crippen molar-refractivity contribution in [3.8, 4) is 11.3 Å². The number of aromatic amines is 1. The van der Waals surface area contributed by atoms with E-state index in [2.05, 4.69) is 25.0 Å². The summed E-state index contributed by atoms with van der Waals surface area (Å²) in [5.74, 6) is 0.518. The number of hydrogen-bond donors (Lipinski definition) is 3. The second kappa shape index (κ2) is 7.40. The van der Waals surface area contributed by atoms with Gasteiger partial charge in [-0.05, 0) is 30.3 Å². The van der Waals surface area contributed by atoms with Crippen LogP contribution in [0.15, 0.2) is 59.3 Å². The van der Waals surface area contributed by atoms with Crippen LogP contribution in [0, 0.1) is 0 Å². The Morgan fingerprint density at radius 1 is 1.21 bits per heavy atom. The van der Waals surface area contributed by atoms with Crippen molar-refractivity contribution < 1.29 is 17.6 Å². The molecule has 148 valence electrons. The molecule has 9 nitrogen and oxygen atoms in total. The summed E-state index contributed by atoms with van der Waals surface area (Å²) in [6, 6.07) is 12.5. The maximum atomic E-state index is 12.8. The zero-order valence-electron chi connectivity index (χ0n) is 15.3. The minimum Gasteiger partial charge on any atom is -0.464 e. The molecule has 0 atom stereocenters. The lowest BCUT2D eigenvalue weighted by atomic mass is 10.1. The number of pyridine rings is 1. The molecule has 10 heteroatoms. The summed E-state index contributed by atoms with van der Waals surface area (Å²) < 4.78 is 30.9. The van der Waals surface area contributed by atoms with Gasteiger partial charge in [0.25, 0.3) is 5.91 Å². The van der Waals surface area contributed by atoms with E-state index in [1.165, 1.54) is 18.5 Å². The number of nitrogens with zero attached hydrogens (tertiary/aromatic N) is 2. The van der Waals surface area contributed by atoms with Crippen LogP contribution in [0.4, 0.5) is 5.82 Å². The van der Waals surface area contributed by atoms with Crippen LogP contribution in [0.25, 0.3) is 22.4 Å². The van der Waals surface area contributed by atoms with Gasteiger partial charge in [0.2, 0.25) is 10.0 Å². The minimum atomic E-state index is -3.62. The number of carbonyl (C=O) groups excluding carboxylic acids is 1. The molecular formula is C19H17N5O4S. The van der Waals surface area contributed by atoms with Gasteiger partial charge in [-0.2, -0.15) is 0 Å². The fourth-order valence-electron chi connectivity index (χ4n) is 2.82. The van der Waals surface area contributed by atoms with Crippen LogP contribution in [0.2, 0.25) is 0 Å². The number of anilines is 1. The zero-order chi connectivity index (χ0) is 20.4. The molecule has 0 aliphatic rings. The molecule has 3 N–H and O–H groups in total. The average Bonchev–Trinajstić information content (AvgIpc) is 3.34. The van der Waals surface area contributed by atoms with Gasteiger partial charge in [-0.15, -0.1) is 0 Å². The molecule has 3 heterocycles. The normalized spacial score (nSPS) is 11.5. The number of imidazole rings is 1. The standard InChI is InChI=1S/C19H17N5O4S/c1-29(26,27)24-18-13(9-12(10-20-18)16-7-4-8-28-16)19(25)21-11-17-22-14-5-2-3-6-15(14)23-17/h2-10H,11H2,1H3,(H,20,24)(H,21,25)(H,22,23). The number of para-hydroxylation sites is 2. The van der Waals surface area contributed by atoms with Crippen molar-refractivity contribution in [1.29, 1.82) is 0 Å². The lowest BCUT2D eigenvalue weighted by Crippen LogP contribution is -2.25. The molecule has 1 aromatic carbocycles. The van der Waals surface area contributed by atoms with Crippen LogP contribution in [-0.4, -0.2) is 35.5 Å². The number of furan rings is 1. The van der Waals surface area contributed by atoms with Crippen molar-refractivity contribution in [2.75, 3.05) is 11.0 Å².